The van der Waals surface area contributed by atoms with Crippen LogP contribution in [-0.2, 0) is 0 Å². The minimum absolute atomic E-state index is 0.0877. The lowest BCUT2D eigenvalue weighted by Crippen LogP contribution is -2.38. The molecular weight excluding hydrogens is 330 g/mol. The fourth-order valence-corrected chi connectivity index (χ4v) is 4.42. The van der Waals surface area contributed by atoms with Gasteiger partial charge in [-0.2, -0.15) is 0 Å². The second-order valence-corrected chi connectivity index (χ2v) is 7.44. The van der Waals surface area contributed by atoms with Gasteiger partial charge in [0, 0.05) is 15.1 Å². The molecular formula is C17H16BrNS. The molecule has 1 heterocycles. The summed E-state index contributed by atoms with van der Waals surface area (Å²) >= 11 is 5.52. The van der Waals surface area contributed by atoms with Crippen LogP contribution in [0.4, 0.5) is 5.69 Å². The summed E-state index contributed by atoms with van der Waals surface area (Å²) in [7, 11) is 0. The zero-order valence-electron chi connectivity index (χ0n) is 11.5. The van der Waals surface area contributed by atoms with E-state index in [1.54, 1.807) is 0 Å². The summed E-state index contributed by atoms with van der Waals surface area (Å²) in [6, 6.07) is 18.6. The molecule has 0 saturated carbocycles. The summed E-state index contributed by atoms with van der Waals surface area (Å²) in [6.07, 6.45) is 0. The smallest absolute Gasteiger partial charge is 0.0815 e. The Labute approximate surface area is 132 Å². The average Bonchev–Trinajstić information content (AvgIpc) is 2.45. The third-order valence-electron chi connectivity index (χ3n) is 3.61. The quantitative estimate of drug-likeness (QED) is 0.650. The Morgan fingerprint density at radius 2 is 1.65 bits per heavy atom. The van der Waals surface area contributed by atoms with E-state index in [4.69, 9.17) is 4.99 Å². The van der Waals surface area contributed by atoms with Crippen molar-refractivity contribution in [2.24, 2.45) is 10.4 Å². The Hall–Kier alpha value is -1.06. The number of hydrogen-bond acceptors (Lipinski definition) is 2. The minimum atomic E-state index is 0.0877. The van der Waals surface area contributed by atoms with Crippen LogP contribution in [0.25, 0.3) is 0 Å². The lowest BCUT2D eigenvalue weighted by molar-refractivity contribution is 0.496. The molecule has 0 radical (unpaired) electrons. The van der Waals surface area contributed by atoms with Crippen molar-refractivity contribution in [1.29, 1.82) is 0 Å². The van der Waals surface area contributed by atoms with Crippen molar-refractivity contribution in [3.63, 3.8) is 0 Å². The van der Waals surface area contributed by atoms with Crippen LogP contribution in [0.1, 0.15) is 24.7 Å². The molecule has 2 aromatic carbocycles. The van der Waals surface area contributed by atoms with Crippen LogP contribution < -0.4 is 0 Å². The van der Waals surface area contributed by atoms with E-state index in [2.05, 4.69) is 66.2 Å². The van der Waals surface area contributed by atoms with Gasteiger partial charge in [0.05, 0.1) is 10.7 Å². The van der Waals surface area contributed by atoms with E-state index in [0.29, 0.717) is 5.25 Å². The monoisotopic (exact) mass is 345 g/mol. The van der Waals surface area contributed by atoms with Crippen molar-refractivity contribution in [3.05, 3.63) is 64.6 Å². The normalized spacial score (nSPS) is 22.6. The molecule has 0 aliphatic carbocycles. The highest BCUT2D eigenvalue weighted by molar-refractivity contribution is 9.10. The Balaban J connectivity index is 1.88. The molecule has 1 atom stereocenters. The van der Waals surface area contributed by atoms with Crippen LogP contribution in [0.5, 0.6) is 0 Å². The molecule has 102 valence electrons. The van der Waals surface area contributed by atoms with E-state index in [9.17, 15) is 0 Å². The van der Waals surface area contributed by atoms with Crippen molar-refractivity contribution < 1.29 is 0 Å². The first-order valence-electron chi connectivity index (χ1n) is 6.64. The van der Waals surface area contributed by atoms with Crippen LogP contribution in [0.3, 0.4) is 0 Å². The largest absolute Gasteiger partial charge is 0.246 e. The van der Waals surface area contributed by atoms with Gasteiger partial charge in [-0.05, 0) is 23.8 Å². The summed E-state index contributed by atoms with van der Waals surface area (Å²) in [5, 5.41) is 1.67. The topological polar surface area (TPSA) is 12.4 Å². The molecule has 2 aromatic rings. The van der Waals surface area contributed by atoms with Crippen LogP contribution in [0.2, 0.25) is 0 Å². The first kappa shape index (κ1) is 13.9. The van der Waals surface area contributed by atoms with E-state index in [0.717, 1.165) is 5.69 Å². The SMILES string of the molecule is CC1(C)C(=Nc2ccccc2)SC1c1ccccc1Br. The van der Waals surface area contributed by atoms with E-state index < -0.39 is 0 Å². The number of benzene rings is 2. The molecule has 3 heteroatoms. The number of rotatable bonds is 2. The van der Waals surface area contributed by atoms with Gasteiger partial charge in [-0.3, -0.25) is 0 Å². The first-order chi connectivity index (χ1) is 9.59. The van der Waals surface area contributed by atoms with Crippen LogP contribution in [0.15, 0.2) is 64.1 Å². The number of nitrogens with zero attached hydrogens (tertiary/aromatic N) is 1. The van der Waals surface area contributed by atoms with Crippen molar-refractivity contribution in [2.45, 2.75) is 19.1 Å². The molecule has 0 N–H and O–H groups in total. The van der Waals surface area contributed by atoms with Gasteiger partial charge in [0.1, 0.15) is 0 Å². The lowest BCUT2D eigenvalue weighted by atomic mass is 9.84. The van der Waals surface area contributed by atoms with Crippen molar-refractivity contribution >= 4 is 38.4 Å². The molecule has 20 heavy (non-hydrogen) atoms. The highest BCUT2D eigenvalue weighted by atomic mass is 79.9. The summed E-state index contributed by atoms with van der Waals surface area (Å²) < 4.78 is 1.18. The Morgan fingerprint density at radius 1 is 1.00 bits per heavy atom. The highest BCUT2D eigenvalue weighted by Gasteiger charge is 2.47. The van der Waals surface area contributed by atoms with E-state index in [1.807, 2.05) is 30.0 Å². The highest BCUT2D eigenvalue weighted by Crippen LogP contribution is 2.59. The molecule has 0 aromatic heterocycles. The van der Waals surface area contributed by atoms with Crippen molar-refractivity contribution in [1.82, 2.24) is 0 Å². The Bertz CT molecular complexity index is 649. The van der Waals surface area contributed by atoms with Gasteiger partial charge in [-0.25, -0.2) is 4.99 Å². The standard InChI is InChI=1S/C17H16BrNS/c1-17(2)15(13-10-6-7-11-14(13)18)20-16(17)19-12-8-4-3-5-9-12/h3-11,15H,1-2H3. The van der Waals surface area contributed by atoms with Gasteiger partial charge >= 0.3 is 0 Å². The summed E-state index contributed by atoms with van der Waals surface area (Å²) in [4.78, 5) is 4.79. The molecule has 0 bridgehead atoms. The lowest BCUT2D eigenvalue weighted by Gasteiger charge is -2.45. The molecule has 1 saturated heterocycles. The van der Waals surface area contributed by atoms with Gasteiger partial charge < -0.3 is 0 Å². The molecule has 1 unspecified atom stereocenters. The van der Waals surface area contributed by atoms with Crippen molar-refractivity contribution in [3.8, 4) is 0 Å². The first-order valence-corrected chi connectivity index (χ1v) is 8.31. The third-order valence-corrected chi connectivity index (χ3v) is 6.25. The summed E-state index contributed by atoms with van der Waals surface area (Å²) in [5.41, 5.74) is 2.48. The molecule has 1 aliphatic rings. The third kappa shape index (κ3) is 2.45. The summed E-state index contributed by atoms with van der Waals surface area (Å²) in [5.74, 6) is 0. The average molecular weight is 346 g/mol. The van der Waals surface area contributed by atoms with Gasteiger partial charge in [-0.1, -0.05) is 66.2 Å². The zero-order valence-corrected chi connectivity index (χ0v) is 13.9. The van der Waals surface area contributed by atoms with Gasteiger partial charge in [0.2, 0.25) is 0 Å². The number of para-hydroxylation sites is 1. The predicted octanol–water partition coefficient (Wildman–Crippen LogP) is 5.99. The van der Waals surface area contributed by atoms with E-state index in [1.165, 1.54) is 15.1 Å². The zero-order chi connectivity index (χ0) is 14.2. The second kappa shape index (κ2) is 5.38. The van der Waals surface area contributed by atoms with Gasteiger partial charge in [0.25, 0.3) is 0 Å². The van der Waals surface area contributed by atoms with E-state index >= 15 is 0 Å². The number of thioether (sulfide) groups is 1. The van der Waals surface area contributed by atoms with E-state index in [-0.39, 0.29) is 5.41 Å². The maximum absolute atomic E-state index is 4.79. The minimum Gasteiger partial charge on any atom is -0.246 e. The van der Waals surface area contributed by atoms with Gasteiger partial charge in [0.15, 0.2) is 0 Å². The number of hydrogen-bond donors (Lipinski definition) is 0. The predicted molar refractivity (Wildman–Crippen MR) is 91.8 cm³/mol. The maximum Gasteiger partial charge on any atom is 0.0815 e. The molecule has 3 rings (SSSR count). The van der Waals surface area contributed by atoms with Crippen LogP contribution in [-0.4, -0.2) is 5.04 Å². The number of aliphatic imine (C=N–C) groups is 1. The molecule has 1 nitrogen and oxygen atoms in total. The molecule has 0 amide bonds. The Kier molecular flexibility index (Phi) is 3.74. The second-order valence-electron chi connectivity index (χ2n) is 5.49. The Morgan fingerprint density at radius 3 is 2.30 bits per heavy atom. The fourth-order valence-electron chi connectivity index (χ4n) is 2.40. The molecule has 1 fully saturated rings. The van der Waals surface area contributed by atoms with Crippen LogP contribution in [0, 0.1) is 5.41 Å². The van der Waals surface area contributed by atoms with Crippen LogP contribution >= 0.6 is 27.7 Å². The molecule has 0 spiro atoms. The summed E-state index contributed by atoms with van der Waals surface area (Å²) in [6.45, 7) is 4.55. The number of halogens is 1. The van der Waals surface area contributed by atoms with Crippen molar-refractivity contribution in [2.75, 3.05) is 0 Å². The molecule has 1 aliphatic heterocycles. The maximum atomic E-state index is 4.79. The van der Waals surface area contributed by atoms with Gasteiger partial charge in [-0.15, -0.1) is 11.8 Å². The fraction of sp³-hybridized carbons (Fsp3) is 0.235.